The zero-order valence-corrected chi connectivity index (χ0v) is 20.5. The molecule has 2 aliphatic rings. The topological polar surface area (TPSA) is 120 Å². The van der Waals surface area contributed by atoms with Crippen molar-refractivity contribution in [1.82, 2.24) is 14.8 Å². The number of benzene rings is 1. The third-order valence-electron chi connectivity index (χ3n) is 5.63. The number of amides is 1. The number of ether oxygens (including phenoxy) is 1. The Morgan fingerprint density at radius 2 is 1.57 bits per heavy atom. The predicted octanol–water partition coefficient (Wildman–Crippen LogP) is 3.60. The van der Waals surface area contributed by atoms with Gasteiger partial charge in [0.1, 0.15) is 5.82 Å². The predicted molar refractivity (Wildman–Crippen MR) is 122 cm³/mol. The van der Waals surface area contributed by atoms with Crippen LogP contribution in [0.4, 0.5) is 30.7 Å². The molecule has 16 heteroatoms. The van der Waals surface area contributed by atoms with Crippen LogP contribution in [-0.2, 0) is 20.9 Å². The number of nitrogens with zero attached hydrogens (tertiary/aromatic N) is 3. The van der Waals surface area contributed by atoms with Gasteiger partial charge < -0.3 is 19.8 Å². The van der Waals surface area contributed by atoms with Crippen LogP contribution < -0.4 is 0 Å². The normalized spacial score (nSPS) is 18.9. The molecule has 1 aromatic heterocycles. The van der Waals surface area contributed by atoms with E-state index in [1.165, 1.54) is 12.1 Å². The molecule has 2 aliphatic heterocycles. The highest BCUT2D eigenvalue weighted by Crippen LogP contribution is 2.26. The van der Waals surface area contributed by atoms with E-state index in [9.17, 15) is 35.5 Å². The highest BCUT2D eigenvalue weighted by Gasteiger charge is 2.39. The number of hydrogen-bond donors (Lipinski definition) is 2. The van der Waals surface area contributed by atoms with Crippen molar-refractivity contribution in [3.63, 3.8) is 0 Å². The molecule has 0 unspecified atom stereocenters. The Morgan fingerprint density at radius 1 is 0.950 bits per heavy atom. The molecule has 4 rings (SSSR count). The van der Waals surface area contributed by atoms with Crippen LogP contribution in [0.5, 0.6) is 0 Å². The molecule has 40 heavy (non-hydrogen) atoms. The highest BCUT2D eigenvalue weighted by molar-refractivity contribution is 5.94. The minimum atomic E-state index is -5.08. The summed E-state index contributed by atoms with van der Waals surface area (Å²) in [6.45, 7) is 3.62. The van der Waals surface area contributed by atoms with Gasteiger partial charge in [0.15, 0.2) is 0 Å². The third-order valence-corrected chi connectivity index (χ3v) is 5.63. The number of pyridine rings is 1. The molecule has 1 amide bonds. The van der Waals surface area contributed by atoms with Crippen molar-refractivity contribution in [3.05, 3.63) is 65.7 Å². The summed E-state index contributed by atoms with van der Waals surface area (Å²) >= 11 is 0. The number of alkyl halides is 6. The van der Waals surface area contributed by atoms with Gasteiger partial charge in [-0.15, -0.1) is 0 Å². The molecule has 1 aromatic carbocycles. The Labute approximate surface area is 222 Å². The monoisotopic (exact) mass is 583 g/mol. The van der Waals surface area contributed by atoms with Gasteiger partial charge in [-0.3, -0.25) is 14.7 Å². The molecule has 0 radical (unpaired) electrons. The maximum Gasteiger partial charge on any atom is 0.490 e. The summed E-state index contributed by atoms with van der Waals surface area (Å²) in [5.74, 6) is -5.98. The van der Waals surface area contributed by atoms with Crippen LogP contribution in [0.15, 0.2) is 48.8 Å². The maximum atomic E-state index is 13.4. The Bertz CT molecular complexity index is 1120. The highest BCUT2D eigenvalue weighted by atomic mass is 19.4. The van der Waals surface area contributed by atoms with Gasteiger partial charge in [0.2, 0.25) is 0 Å². The average molecular weight is 583 g/mol. The van der Waals surface area contributed by atoms with E-state index in [1.807, 2.05) is 23.2 Å². The van der Waals surface area contributed by atoms with Crippen LogP contribution in [0.2, 0.25) is 0 Å². The van der Waals surface area contributed by atoms with Crippen molar-refractivity contribution in [2.75, 3.05) is 26.2 Å². The molecule has 2 fully saturated rings. The first-order valence-electron chi connectivity index (χ1n) is 11.5. The zero-order valence-electron chi connectivity index (χ0n) is 20.5. The third kappa shape index (κ3) is 10.4. The van der Waals surface area contributed by atoms with E-state index in [1.54, 1.807) is 18.3 Å². The second-order valence-electron chi connectivity index (χ2n) is 8.55. The lowest BCUT2D eigenvalue weighted by molar-refractivity contribution is -0.193. The summed E-state index contributed by atoms with van der Waals surface area (Å²) in [5, 5.41) is 14.2. The molecule has 3 heterocycles. The van der Waals surface area contributed by atoms with Gasteiger partial charge in [0.25, 0.3) is 5.91 Å². The number of carboxylic acids is 2. The second kappa shape index (κ2) is 14.0. The lowest BCUT2D eigenvalue weighted by Crippen LogP contribution is -2.52. The van der Waals surface area contributed by atoms with E-state index in [0.717, 1.165) is 25.1 Å². The van der Waals surface area contributed by atoms with Gasteiger partial charge in [-0.05, 0) is 36.2 Å². The molecular formula is C24H24F7N3O6. The quantitative estimate of drug-likeness (QED) is 0.525. The summed E-state index contributed by atoms with van der Waals surface area (Å²) in [6.07, 6.45) is -5.51. The number of hydrogen-bond acceptors (Lipinski definition) is 6. The SMILES string of the molecule is O=C(O)C(F)(F)F.O=C(O)C(F)(F)F.O=C(c1cccc(F)c1)N1CCN2C[C@H](OCc3cccnc3)C[C@H]2C1. The summed E-state index contributed by atoms with van der Waals surface area (Å²) in [5.41, 5.74) is 1.49. The first-order valence-corrected chi connectivity index (χ1v) is 11.5. The van der Waals surface area contributed by atoms with Crippen molar-refractivity contribution in [2.24, 2.45) is 0 Å². The molecular weight excluding hydrogens is 559 g/mol. The smallest absolute Gasteiger partial charge is 0.475 e. The number of rotatable bonds is 4. The Kier molecular flexibility index (Phi) is 11.4. The number of carbonyl (C=O) groups excluding carboxylic acids is 1. The fraction of sp³-hybridized carbons (Fsp3) is 0.417. The molecule has 0 bridgehead atoms. The van der Waals surface area contributed by atoms with Crippen LogP contribution in [0.25, 0.3) is 0 Å². The fourth-order valence-corrected chi connectivity index (χ4v) is 3.80. The first-order chi connectivity index (χ1) is 18.6. The minimum absolute atomic E-state index is 0.0936. The van der Waals surface area contributed by atoms with E-state index < -0.39 is 24.3 Å². The number of halogens is 7. The summed E-state index contributed by atoms with van der Waals surface area (Å²) in [7, 11) is 0. The zero-order chi connectivity index (χ0) is 30.1. The van der Waals surface area contributed by atoms with E-state index in [0.29, 0.717) is 31.3 Å². The largest absolute Gasteiger partial charge is 0.490 e. The first kappa shape index (κ1) is 32.4. The van der Waals surface area contributed by atoms with Crippen LogP contribution in [0.1, 0.15) is 22.3 Å². The van der Waals surface area contributed by atoms with Crippen LogP contribution in [0, 0.1) is 5.82 Å². The molecule has 0 saturated carbocycles. The Hall–Kier alpha value is -3.79. The maximum absolute atomic E-state index is 13.4. The van der Waals surface area contributed by atoms with Gasteiger partial charge in [-0.2, -0.15) is 26.3 Å². The molecule has 0 spiro atoms. The van der Waals surface area contributed by atoms with Crippen LogP contribution >= 0.6 is 0 Å². The number of carboxylic acid groups (broad SMARTS) is 2. The Morgan fingerprint density at radius 3 is 2.10 bits per heavy atom. The van der Waals surface area contributed by atoms with Crippen LogP contribution in [0.3, 0.4) is 0 Å². The fourth-order valence-electron chi connectivity index (χ4n) is 3.80. The standard InChI is InChI=1S/C20H22FN3O2.2C2HF3O2/c21-17-5-1-4-16(9-17)20(25)24-8-7-23-13-19(10-18(23)12-24)26-14-15-3-2-6-22-11-15;2*3-2(4,5)1(6)7/h1-6,9,11,18-19H,7-8,10,12-14H2;2*(H,6,7)/t18-,19+;;/m0../s1. The second-order valence-corrected chi connectivity index (χ2v) is 8.55. The van der Waals surface area contributed by atoms with Gasteiger partial charge in [-0.1, -0.05) is 12.1 Å². The molecule has 2 atom stereocenters. The van der Waals surface area contributed by atoms with Crippen molar-refractivity contribution < 1.29 is 60.1 Å². The van der Waals surface area contributed by atoms with Gasteiger partial charge >= 0.3 is 24.3 Å². The number of aromatic nitrogens is 1. The van der Waals surface area contributed by atoms with Crippen LogP contribution in [-0.4, -0.2) is 93.5 Å². The number of carbonyl (C=O) groups is 3. The molecule has 220 valence electrons. The molecule has 0 aliphatic carbocycles. The summed E-state index contributed by atoms with van der Waals surface area (Å²) in [4.78, 5) is 38.8. The van der Waals surface area contributed by atoms with E-state index >= 15 is 0 Å². The van der Waals surface area contributed by atoms with E-state index in [4.69, 9.17) is 24.5 Å². The average Bonchev–Trinajstić information content (AvgIpc) is 3.29. The number of aliphatic carboxylic acids is 2. The lowest BCUT2D eigenvalue weighted by Gasteiger charge is -2.37. The van der Waals surface area contributed by atoms with Crippen molar-refractivity contribution in [2.45, 2.75) is 37.5 Å². The lowest BCUT2D eigenvalue weighted by atomic mass is 10.1. The van der Waals surface area contributed by atoms with Gasteiger partial charge in [-0.25, -0.2) is 14.0 Å². The van der Waals surface area contributed by atoms with E-state index in [-0.39, 0.29) is 17.8 Å². The molecule has 2 aromatic rings. The Balaban J connectivity index is 0.000000333. The number of fused-ring (bicyclic) bond motifs is 1. The van der Waals surface area contributed by atoms with Gasteiger partial charge in [0.05, 0.1) is 12.7 Å². The summed E-state index contributed by atoms with van der Waals surface area (Å²) in [6, 6.07) is 10.1. The molecule has 2 N–H and O–H groups in total. The van der Waals surface area contributed by atoms with Gasteiger partial charge in [0, 0.05) is 50.2 Å². The van der Waals surface area contributed by atoms with Crippen molar-refractivity contribution >= 4 is 17.8 Å². The summed E-state index contributed by atoms with van der Waals surface area (Å²) < 4.78 is 82.9. The van der Waals surface area contributed by atoms with E-state index in [2.05, 4.69) is 9.88 Å². The number of piperazine rings is 1. The van der Waals surface area contributed by atoms with Crippen molar-refractivity contribution in [3.8, 4) is 0 Å². The molecule has 2 saturated heterocycles. The van der Waals surface area contributed by atoms with Crippen molar-refractivity contribution in [1.29, 1.82) is 0 Å². The minimum Gasteiger partial charge on any atom is -0.475 e. The molecule has 9 nitrogen and oxygen atoms in total.